The first kappa shape index (κ1) is 11.9. The van der Waals surface area contributed by atoms with Crippen molar-refractivity contribution in [2.75, 3.05) is 7.11 Å². The van der Waals surface area contributed by atoms with Gasteiger partial charge in [0.05, 0.1) is 12.7 Å². The van der Waals surface area contributed by atoms with Gasteiger partial charge in [-0.25, -0.2) is 4.79 Å². The molecule has 0 fully saturated rings. The van der Waals surface area contributed by atoms with Crippen LogP contribution in [0.1, 0.15) is 11.7 Å². The van der Waals surface area contributed by atoms with Gasteiger partial charge in [0, 0.05) is 4.47 Å². The molecule has 0 aliphatic heterocycles. The molecule has 0 amide bonds. The van der Waals surface area contributed by atoms with E-state index in [9.17, 15) is 9.90 Å². The van der Waals surface area contributed by atoms with Crippen molar-refractivity contribution in [3.8, 4) is 0 Å². The number of halogens is 1. The van der Waals surface area contributed by atoms with E-state index in [1.807, 2.05) is 6.07 Å². The third kappa shape index (κ3) is 2.67. The second-order valence-electron chi connectivity index (χ2n) is 2.94. The molecule has 0 aromatic heterocycles. The maximum absolute atomic E-state index is 11.1. The summed E-state index contributed by atoms with van der Waals surface area (Å²) >= 11 is 3.28. The standard InChI is InChI=1S/C11H11BrO3/c1-7(11(14)15-2)10(13)8-5-3-4-6-9(8)12/h3-6,10,13H,1H2,2H3. The maximum Gasteiger partial charge on any atom is 0.336 e. The molecule has 1 atom stereocenters. The van der Waals surface area contributed by atoms with Crippen molar-refractivity contribution in [1.29, 1.82) is 0 Å². The van der Waals surface area contributed by atoms with E-state index in [4.69, 9.17) is 0 Å². The zero-order valence-corrected chi connectivity index (χ0v) is 9.82. The van der Waals surface area contributed by atoms with Crippen LogP contribution < -0.4 is 0 Å². The molecule has 1 aromatic rings. The Labute approximate surface area is 96.5 Å². The highest BCUT2D eigenvalue weighted by atomic mass is 79.9. The molecule has 3 nitrogen and oxygen atoms in total. The maximum atomic E-state index is 11.1. The molecule has 0 aliphatic rings. The number of hydrogen-bond acceptors (Lipinski definition) is 3. The van der Waals surface area contributed by atoms with Crippen LogP contribution in [0.4, 0.5) is 0 Å². The van der Waals surface area contributed by atoms with E-state index in [1.165, 1.54) is 7.11 Å². The van der Waals surface area contributed by atoms with E-state index in [2.05, 4.69) is 27.2 Å². The van der Waals surface area contributed by atoms with Crippen molar-refractivity contribution in [3.63, 3.8) is 0 Å². The molecular formula is C11H11BrO3. The van der Waals surface area contributed by atoms with Gasteiger partial charge in [-0.2, -0.15) is 0 Å². The summed E-state index contributed by atoms with van der Waals surface area (Å²) < 4.78 is 5.21. The minimum atomic E-state index is -1.05. The van der Waals surface area contributed by atoms with Crippen LogP contribution in [-0.2, 0) is 9.53 Å². The number of aliphatic hydroxyl groups excluding tert-OH is 1. The summed E-state index contributed by atoms with van der Waals surface area (Å²) in [4.78, 5) is 11.1. The summed E-state index contributed by atoms with van der Waals surface area (Å²) in [6.07, 6.45) is -1.05. The Bertz CT molecular complexity index is 387. The van der Waals surface area contributed by atoms with Crippen LogP contribution in [0.2, 0.25) is 0 Å². The quantitative estimate of drug-likeness (QED) is 0.677. The Morgan fingerprint density at radius 2 is 2.13 bits per heavy atom. The van der Waals surface area contributed by atoms with Gasteiger partial charge in [-0.1, -0.05) is 40.7 Å². The summed E-state index contributed by atoms with van der Waals surface area (Å²) in [5, 5.41) is 9.84. The van der Waals surface area contributed by atoms with Crippen molar-refractivity contribution >= 4 is 21.9 Å². The monoisotopic (exact) mass is 270 g/mol. The molecule has 0 aliphatic carbocycles. The molecule has 0 saturated carbocycles. The highest BCUT2D eigenvalue weighted by Gasteiger charge is 2.20. The Morgan fingerprint density at radius 1 is 1.53 bits per heavy atom. The van der Waals surface area contributed by atoms with Crippen LogP contribution in [-0.4, -0.2) is 18.2 Å². The van der Waals surface area contributed by atoms with E-state index in [0.29, 0.717) is 5.56 Å². The van der Waals surface area contributed by atoms with Gasteiger partial charge in [-0.15, -0.1) is 0 Å². The van der Waals surface area contributed by atoms with Crippen molar-refractivity contribution in [2.45, 2.75) is 6.10 Å². The number of carbonyl (C=O) groups is 1. The Morgan fingerprint density at radius 3 is 2.67 bits per heavy atom. The second-order valence-corrected chi connectivity index (χ2v) is 3.80. The van der Waals surface area contributed by atoms with Gasteiger partial charge >= 0.3 is 5.97 Å². The lowest BCUT2D eigenvalue weighted by molar-refractivity contribution is -0.137. The summed E-state index contributed by atoms with van der Waals surface area (Å²) in [5.41, 5.74) is 0.609. The predicted octanol–water partition coefficient (Wildman–Crippen LogP) is 2.21. The van der Waals surface area contributed by atoms with Crippen LogP contribution in [0, 0.1) is 0 Å². The Kier molecular flexibility index (Phi) is 4.05. The number of carbonyl (C=O) groups excluding carboxylic acids is 1. The van der Waals surface area contributed by atoms with E-state index >= 15 is 0 Å². The number of ether oxygens (including phenoxy) is 1. The van der Waals surface area contributed by atoms with Gasteiger partial charge in [0.25, 0.3) is 0 Å². The minimum Gasteiger partial charge on any atom is -0.466 e. The molecule has 1 N–H and O–H groups in total. The van der Waals surface area contributed by atoms with Crippen molar-refractivity contribution in [1.82, 2.24) is 0 Å². The van der Waals surface area contributed by atoms with E-state index in [1.54, 1.807) is 18.2 Å². The van der Waals surface area contributed by atoms with Crippen molar-refractivity contribution in [3.05, 3.63) is 46.5 Å². The molecule has 80 valence electrons. The van der Waals surface area contributed by atoms with Gasteiger partial charge in [0.2, 0.25) is 0 Å². The molecule has 0 heterocycles. The van der Waals surface area contributed by atoms with Crippen LogP contribution in [0.25, 0.3) is 0 Å². The Hall–Kier alpha value is -1.13. The number of aliphatic hydroxyl groups is 1. The third-order valence-corrected chi connectivity index (χ3v) is 2.70. The molecule has 1 aromatic carbocycles. The SMILES string of the molecule is C=C(C(=O)OC)C(O)c1ccccc1Br. The van der Waals surface area contributed by atoms with Gasteiger partial charge in [-0.05, 0) is 11.6 Å². The number of hydrogen-bond donors (Lipinski definition) is 1. The summed E-state index contributed by atoms with van der Waals surface area (Å²) in [5.74, 6) is -0.613. The number of rotatable bonds is 3. The molecule has 0 saturated heterocycles. The average Bonchev–Trinajstić information content (AvgIpc) is 2.26. The highest BCUT2D eigenvalue weighted by Crippen LogP contribution is 2.27. The fourth-order valence-corrected chi connectivity index (χ4v) is 1.63. The normalized spacial score (nSPS) is 11.9. The first-order valence-corrected chi connectivity index (χ1v) is 5.06. The van der Waals surface area contributed by atoms with E-state index in [-0.39, 0.29) is 5.57 Å². The van der Waals surface area contributed by atoms with Crippen LogP contribution in [0.5, 0.6) is 0 Å². The summed E-state index contributed by atoms with van der Waals surface area (Å²) in [6.45, 7) is 3.50. The fourth-order valence-electron chi connectivity index (χ4n) is 1.13. The smallest absolute Gasteiger partial charge is 0.336 e. The van der Waals surface area contributed by atoms with Gasteiger partial charge in [-0.3, -0.25) is 0 Å². The van der Waals surface area contributed by atoms with Crippen LogP contribution in [0.3, 0.4) is 0 Å². The highest BCUT2D eigenvalue weighted by molar-refractivity contribution is 9.10. The number of methoxy groups -OCH3 is 1. The molecule has 0 radical (unpaired) electrons. The zero-order chi connectivity index (χ0) is 11.4. The molecule has 15 heavy (non-hydrogen) atoms. The molecule has 0 spiro atoms. The summed E-state index contributed by atoms with van der Waals surface area (Å²) in [7, 11) is 1.25. The number of esters is 1. The average molecular weight is 271 g/mol. The zero-order valence-electron chi connectivity index (χ0n) is 8.24. The fraction of sp³-hybridized carbons (Fsp3) is 0.182. The van der Waals surface area contributed by atoms with Crippen LogP contribution >= 0.6 is 15.9 Å². The van der Waals surface area contributed by atoms with Crippen molar-refractivity contribution in [2.24, 2.45) is 0 Å². The largest absolute Gasteiger partial charge is 0.466 e. The lowest BCUT2D eigenvalue weighted by atomic mass is 10.0. The van der Waals surface area contributed by atoms with E-state index < -0.39 is 12.1 Å². The lowest BCUT2D eigenvalue weighted by Crippen LogP contribution is -2.12. The molecule has 1 rings (SSSR count). The third-order valence-electron chi connectivity index (χ3n) is 1.98. The lowest BCUT2D eigenvalue weighted by Gasteiger charge is -2.13. The molecular weight excluding hydrogens is 260 g/mol. The number of benzene rings is 1. The first-order chi connectivity index (χ1) is 7.07. The first-order valence-electron chi connectivity index (χ1n) is 4.27. The van der Waals surface area contributed by atoms with Crippen LogP contribution in [0.15, 0.2) is 40.9 Å². The van der Waals surface area contributed by atoms with Gasteiger partial charge < -0.3 is 9.84 Å². The molecule has 0 bridgehead atoms. The minimum absolute atomic E-state index is 0.0180. The predicted molar refractivity (Wildman–Crippen MR) is 60.3 cm³/mol. The van der Waals surface area contributed by atoms with E-state index in [0.717, 1.165) is 4.47 Å². The van der Waals surface area contributed by atoms with Gasteiger partial charge in [0.15, 0.2) is 0 Å². The second kappa shape index (κ2) is 5.09. The molecule has 1 unspecified atom stereocenters. The Balaban J connectivity index is 2.95. The van der Waals surface area contributed by atoms with Gasteiger partial charge in [0.1, 0.15) is 6.10 Å². The molecule has 4 heteroatoms. The van der Waals surface area contributed by atoms with Crippen molar-refractivity contribution < 1.29 is 14.6 Å². The topological polar surface area (TPSA) is 46.5 Å². The summed E-state index contributed by atoms with van der Waals surface area (Å²) in [6, 6.07) is 7.08.